The van der Waals surface area contributed by atoms with Gasteiger partial charge in [-0.2, -0.15) is 0 Å². The zero-order valence-corrected chi connectivity index (χ0v) is 20.7. The van der Waals surface area contributed by atoms with Crippen molar-refractivity contribution in [2.45, 2.75) is 25.3 Å². The first-order valence-corrected chi connectivity index (χ1v) is 12.9. The number of hydrogen-bond donors (Lipinski definition) is 0. The van der Waals surface area contributed by atoms with Crippen LogP contribution in [0, 0.1) is 5.82 Å². The number of aromatic nitrogens is 4. The minimum atomic E-state index is -0.210. The van der Waals surface area contributed by atoms with E-state index >= 15 is 0 Å². The van der Waals surface area contributed by atoms with Crippen molar-refractivity contribution in [1.82, 2.24) is 24.5 Å². The molecule has 0 radical (unpaired) electrons. The maximum atomic E-state index is 13.9. The standard InChI is InChI=1S/C28H30FN7O/c29-22-6-1-5-21(19-22)24-8-3-13-35(24)28-11-10-26-30-20-25(36(26)32-28)23-7-2-9-27(31-23)34-16-14-33(15-17-34)12-4-18-37/h1-2,5-7,9-11,18-20,24H,3-4,8,12-17H2/t24-/m1/s1. The Morgan fingerprint density at radius 1 is 0.973 bits per heavy atom. The molecule has 3 aromatic heterocycles. The summed E-state index contributed by atoms with van der Waals surface area (Å²) in [4.78, 5) is 27.1. The second kappa shape index (κ2) is 10.3. The molecule has 1 aromatic carbocycles. The van der Waals surface area contributed by atoms with E-state index in [2.05, 4.69) is 19.7 Å². The lowest BCUT2D eigenvalue weighted by Crippen LogP contribution is -2.47. The SMILES string of the molecule is O=CCCN1CCN(c2cccc(-c3cnc4ccc(N5CCC[C@@H]5c5cccc(F)c5)nn34)n2)CC1. The van der Waals surface area contributed by atoms with Crippen LogP contribution >= 0.6 is 0 Å². The van der Waals surface area contributed by atoms with Crippen molar-refractivity contribution in [1.29, 1.82) is 0 Å². The van der Waals surface area contributed by atoms with Gasteiger partial charge in [0.25, 0.3) is 0 Å². The smallest absolute Gasteiger partial charge is 0.154 e. The number of carbonyl (C=O) groups is 1. The van der Waals surface area contributed by atoms with E-state index in [9.17, 15) is 9.18 Å². The molecule has 9 heteroatoms. The molecule has 190 valence electrons. The first-order valence-electron chi connectivity index (χ1n) is 12.9. The van der Waals surface area contributed by atoms with Crippen LogP contribution in [0.25, 0.3) is 17.0 Å². The maximum absolute atomic E-state index is 13.9. The van der Waals surface area contributed by atoms with Crippen molar-refractivity contribution in [3.8, 4) is 11.4 Å². The first kappa shape index (κ1) is 23.5. The fourth-order valence-corrected chi connectivity index (χ4v) is 5.47. The zero-order valence-electron chi connectivity index (χ0n) is 20.7. The van der Waals surface area contributed by atoms with Gasteiger partial charge in [0.05, 0.1) is 17.9 Å². The van der Waals surface area contributed by atoms with E-state index in [0.717, 1.165) is 92.6 Å². The zero-order chi connectivity index (χ0) is 25.2. The Balaban J connectivity index is 1.26. The molecule has 4 aromatic rings. The van der Waals surface area contributed by atoms with Gasteiger partial charge in [-0.15, -0.1) is 5.10 Å². The molecule has 0 bridgehead atoms. The van der Waals surface area contributed by atoms with Crippen LogP contribution in [0.4, 0.5) is 16.0 Å². The number of carbonyl (C=O) groups excluding carboxylic acids is 1. The van der Waals surface area contributed by atoms with Gasteiger partial charge < -0.3 is 14.6 Å². The maximum Gasteiger partial charge on any atom is 0.154 e. The van der Waals surface area contributed by atoms with Gasteiger partial charge in [-0.05, 0) is 54.8 Å². The van der Waals surface area contributed by atoms with E-state index in [1.807, 2.05) is 47.1 Å². The van der Waals surface area contributed by atoms with Gasteiger partial charge in [-0.1, -0.05) is 18.2 Å². The molecule has 1 atom stereocenters. The first-order chi connectivity index (χ1) is 18.2. The highest BCUT2D eigenvalue weighted by Gasteiger charge is 2.28. The fourth-order valence-electron chi connectivity index (χ4n) is 5.47. The van der Waals surface area contributed by atoms with Crippen molar-refractivity contribution < 1.29 is 9.18 Å². The summed E-state index contributed by atoms with van der Waals surface area (Å²) >= 11 is 0. The van der Waals surface area contributed by atoms with Gasteiger partial charge >= 0.3 is 0 Å². The quantitative estimate of drug-likeness (QED) is 0.356. The number of rotatable bonds is 7. The van der Waals surface area contributed by atoms with Crippen molar-refractivity contribution in [2.24, 2.45) is 0 Å². The second-order valence-electron chi connectivity index (χ2n) is 9.68. The predicted molar refractivity (Wildman–Crippen MR) is 141 cm³/mol. The normalized spacial score (nSPS) is 18.6. The van der Waals surface area contributed by atoms with Gasteiger partial charge in [0, 0.05) is 45.7 Å². The molecular formula is C28H30FN7O. The van der Waals surface area contributed by atoms with Crippen LogP contribution in [0.5, 0.6) is 0 Å². The summed E-state index contributed by atoms with van der Waals surface area (Å²) in [5.41, 5.74) is 3.40. The molecule has 37 heavy (non-hydrogen) atoms. The number of benzene rings is 1. The molecule has 2 aliphatic rings. The molecule has 0 amide bonds. The van der Waals surface area contributed by atoms with Crippen LogP contribution in [0.1, 0.15) is 30.9 Å². The Morgan fingerprint density at radius 3 is 2.68 bits per heavy atom. The van der Waals surface area contributed by atoms with Crippen LogP contribution in [-0.2, 0) is 4.79 Å². The molecule has 6 rings (SSSR count). The second-order valence-corrected chi connectivity index (χ2v) is 9.68. The highest BCUT2D eigenvalue weighted by molar-refractivity contribution is 5.62. The predicted octanol–water partition coefficient (Wildman–Crippen LogP) is 3.98. The largest absolute Gasteiger partial charge is 0.354 e. The number of aldehydes is 1. The van der Waals surface area contributed by atoms with E-state index in [0.29, 0.717) is 6.42 Å². The van der Waals surface area contributed by atoms with Crippen LogP contribution in [-0.4, -0.2) is 70.0 Å². The summed E-state index contributed by atoms with van der Waals surface area (Å²) in [6, 6.07) is 17.0. The number of fused-ring (bicyclic) bond motifs is 1. The Labute approximate surface area is 215 Å². The third-order valence-corrected chi connectivity index (χ3v) is 7.39. The molecule has 2 fully saturated rings. The minimum Gasteiger partial charge on any atom is -0.354 e. The Morgan fingerprint density at radius 2 is 1.84 bits per heavy atom. The minimum absolute atomic E-state index is 0.0965. The molecule has 0 spiro atoms. The molecule has 0 unspecified atom stereocenters. The summed E-state index contributed by atoms with van der Waals surface area (Å²) in [5, 5.41) is 4.97. The topological polar surface area (TPSA) is 69.9 Å². The van der Waals surface area contributed by atoms with Crippen molar-refractivity contribution in [2.75, 3.05) is 49.1 Å². The highest BCUT2D eigenvalue weighted by atomic mass is 19.1. The van der Waals surface area contributed by atoms with Gasteiger partial charge in [0.2, 0.25) is 0 Å². The number of piperazine rings is 1. The molecule has 5 heterocycles. The van der Waals surface area contributed by atoms with E-state index in [-0.39, 0.29) is 11.9 Å². The van der Waals surface area contributed by atoms with Crippen LogP contribution in [0.3, 0.4) is 0 Å². The van der Waals surface area contributed by atoms with Crippen LogP contribution in [0.15, 0.2) is 60.8 Å². The summed E-state index contributed by atoms with van der Waals surface area (Å²) in [6.45, 7) is 5.28. The Bertz CT molecular complexity index is 1400. The summed E-state index contributed by atoms with van der Waals surface area (Å²) in [7, 11) is 0. The number of pyridine rings is 1. The number of anilines is 2. The lowest BCUT2D eigenvalue weighted by molar-refractivity contribution is -0.108. The summed E-state index contributed by atoms with van der Waals surface area (Å²) < 4.78 is 15.8. The number of halogens is 1. The van der Waals surface area contributed by atoms with E-state index in [1.165, 1.54) is 6.07 Å². The lowest BCUT2D eigenvalue weighted by Gasteiger charge is -2.35. The number of hydrogen-bond acceptors (Lipinski definition) is 7. The van der Waals surface area contributed by atoms with E-state index < -0.39 is 0 Å². The number of nitrogens with zero attached hydrogens (tertiary/aromatic N) is 7. The molecule has 8 nitrogen and oxygen atoms in total. The van der Waals surface area contributed by atoms with Crippen LogP contribution < -0.4 is 9.80 Å². The number of imidazole rings is 1. The molecule has 0 saturated carbocycles. The fraction of sp³-hybridized carbons (Fsp3) is 0.357. The average Bonchev–Trinajstić information content (AvgIpc) is 3.60. The third-order valence-electron chi connectivity index (χ3n) is 7.39. The molecule has 2 aliphatic heterocycles. The third kappa shape index (κ3) is 4.79. The lowest BCUT2D eigenvalue weighted by atomic mass is 10.0. The van der Waals surface area contributed by atoms with Crippen molar-refractivity contribution in [3.05, 3.63) is 72.2 Å². The molecule has 0 N–H and O–H groups in total. The summed E-state index contributed by atoms with van der Waals surface area (Å²) in [5.74, 6) is 1.57. The van der Waals surface area contributed by atoms with Crippen LogP contribution in [0.2, 0.25) is 0 Å². The van der Waals surface area contributed by atoms with E-state index in [1.54, 1.807) is 12.1 Å². The van der Waals surface area contributed by atoms with Crippen molar-refractivity contribution >= 4 is 23.6 Å². The molecular weight excluding hydrogens is 469 g/mol. The van der Waals surface area contributed by atoms with Gasteiger partial charge in [0.15, 0.2) is 5.65 Å². The van der Waals surface area contributed by atoms with Gasteiger partial charge in [-0.3, -0.25) is 4.90 Å². The monoisotopic (exact) mass is 499 g/mol. The van der Waals surface area contributed by atoms with Gasteiger partial charge in [0.1, 0.15) is 29.4 Å². The Hall–Kier alpha value is -3.85. The van der Waals surface area contributed by atoms with E-state index in [4.69, 9.17) is 10.1 Å². The summed E-state index contributed by atoms with van der Waals surface area (Å²) in [6.07, 6.45) is 5.38. The molecule has 2 saturated heterocycles. The average molecular weight is 500 g/mol. The van der Waals surface area contributed by atoms with Crippen molar-refractivity contribution in [3.63, 3.8) is 0 Å². The Kier molecular flexibility index (Phi) is 6.53. The van der Waals surface area contributed by atoms with Gasteiger partial charge in [-0.25, -0.2) is 18.9 Å². The highest BCUT2D eigenvalue weighted by Crippen LogP contribution is 2.35. The molecule has 0 aliphatic carbocycles.